The van der Waals surface area contributed by atoms with Crippen molar-refractivity contribution in [3.63, 3.8) is 0 Å². The van der Waals surface area contributed by atoms with Gasteiger partial charge in [0.05, 0.1) is 0 Å². The molecule has 4 nitrogen and oxygen atoms in total. The quantitative estimate of drug-likeness (QED) is 0.714. The van der Waals surface area contributed by atoms with Gasteiger partial charge >= 0.3 is 6.09 Å². The largest absolute Gasteiger partial charge is 0.444 e. The molecule has 0 bridgehead atoms. The van der Waals surface area contributed by atoms with Gasteiger partial charge in [-0.3, -0.25) is 0 Å². The van der Waals surface area contributed by atoms with Crippen molar-refractivity contribution in [1.29, 1.82) is 0 Å². The first kappa shape index (κ1) is 13.2. The van der Waals surface area contributed by atoms with Crippen LogP contribution in [0, 0.1) is 5.92 Å². The van der Waals surface area contributed by atoms with Crippen LogP contribution in [-0.4, -0.2) is 18.2 Å². The van der Waals surface area contributed by atoms with E-state index >= 15 is 0 Å². The fourth-order valence-corrected chi connectivity index (χ4v) is 0.944. The molecule has 0 aromatic carbocycles. The highest BCUT2D eigenvalue weighted by molar-refractivity contribution is 5.65. The molecule has 4 N–H and O–H groups in total. The van der Waals surface area contributed by atoms with Gasteiger partial charge in [0.15, 0.2) is 0 Å². The summed E-state index contributed by atoms with van der Waals surface area (Å²) in [6.45, 7) is 6.18. The van der Waals surface area contributed by atoms with Crippen LogP contribution < -0.4 is 11.5 Å². The third kappa shape index (κ3) is 11.2. The van der Waals surface area contributed by atoms with Crippen molar-refractivity contribution in [2.24, 2.45) is 17.4 Å². The predicted molar refractivity (Wildman–Crippen MR) is 56.8 cm³/mol. The molecule has 0 aromatic rings. The molecule has 14 heavy (non-hydrogen) atoms. The topological polar surface area (TPSA) is 78.3 Å². The second kappa shape index (κ2) is 5.86. The minimum atomic E-state index is -0.725. The highest BCUT2D eigenvalue weighted by atomic mass is 16.6. The lowest BCUT2D eigenvalue weighted by atomic mass is 10.2. The number of rotatable bonds is 2. The Labute approximate surface area is 86.0 Å². The summed E-state index contributed by atoms with van der Waals surface area (Å²) in [7, 11) is 0. The van der Waals surface area contributed by atoms with Crippen LogP contribution in [0.5, 0.6) is 0 Å². The van der Waals surface area contributed by atoms with E-state index in [4.69, 9.17) is 11.5 Å². The standard InChI is InChI=1S/C5H11NO2.C5H11N/c1-5(2,3)8-4(6)7;6-4-3-5-1-2-5/h1-3H3,(H2,6,7);5H,1-4,6H2. The van der Waals surface area contributed by atoms with Crippen LogP contribution in [0.25, 0.3) is 0 Å². The zero-order valence-corrected chi connectivity index (χ0v) is 9.38. The maximum absolute atomic E-state index is 10.0. The second-order valence-electron chi connectivity index (χ2n) is 4.55. The van der Waals surface area contributed by atoms with Crippen molar-refractivity contribution in [3.8, 4) is 0 Å². The highest BCUT2D eigenvalue weighted by Crippen LogP contribution is 2.31. The Morgan fingerprint density at radius 2 is 1.93 bits per heavy atom. The molecule has 1 fully saturated rings. The Kier molecular flexibility index (Phi) is 5.53. The monoisotopic (exact) mass is 202 g/mol. The van der Waals surface area contributed by atoms with Crippen LogP contribution in [-0.2, 0) is 4.74 Å². The zero-order chi connectivity index (χ0) is 11.2. The molecule has 0 aliphatic heterocycles. The maximum Gasteiger partial charge on any atom is 0.405 e. The normalized spacial score (nSPS) is 15.4. The molecule has 0 radical (unpaired) electrons. The fourth-order valence-electron chi connectivity index (χ4n) is 0.944. The first-order chi connectivity index (χ1) is 6.35. The SMILES string of the molecule is CC(C)(C)OC(N)=O.NCCC1CC1. The number of hydrogen-bond acceptors (Lipinski definition) is 3. The fraction of sp³-hybridized carbons (Fsp3) is 0.900. The summed E-state index contributed by atoms with van der Waals surface area (Å²) >= 11 is 0. The summed E-state index contributed by atoms with van der Waals surface area (Å²) in [6, 6.07) is 0. The first-order valence-corrected chi connectivity index (χ1v) is 5.03. The molecule has 0 saturated heterocycles. The van der Waals surface area contributed by atoms with E-state index in [0.29, 0.717) is 0 Å². The molecule has 1 saturated carbocycles. The van der Waals surface area contributed by atoms with Gasteiger partial charge in [-0.15, -0.1) is 0 Å². The summed E-state index contributed by atoms with van der Waals surface area (Å²) in [5, 5.41) is 0. The van der Waals surface area contributed by atoms with E-state index in [0.717, 1.165) is 12.5 Å². The lowest BCUT2D eigenvalue weighted by molar-refractivity contribution is 0.0600. The van der Waals surface area contributed by atoms with E-state index in [9.17, 15) is 4.79 Å². The van der Waals surface area contributed by atoms with Crippen LogP contribution >= 0.6 is 0 Å². The van der Waals surface area contributed by atoms with Crippen molar-refractivity contribution in [3.05, 3.63) is 0 Å². The molecule has 0 unspecified atom stereocenters. The van der Waals surface area contributed by atoms with E-state index in [1.165, 1.54) is 19.3 Å². The lowest BCUT2D eigenvalue weighted by Gasteiger charge is -2.16. The summed E-state index contributed by atoms with van der Waals surface area (Å²) < 4.78 is 4.58. The van der Waals surface area contributed by atoms with E-state index in [-0.39, 0.29) is 0 Å². The molecule has 0 aromatic heterocycles. The van der Waals surface area contributed by atoms with E-state index in [2.05, 4.69) is 4.74 Å². The molecule has 84 valence electrons. The predicted octanol–water partition coefficient (Wildman–Crippen LogP) is 1.63. The number of amides is 1. The molecule has 1 amide bonds. The number of hydrogen-bond donors (Lipinski definition) is 2. The van der Waals surface area contributed by atoms with Gasteiger partial charge in [0.1, 0.15) is 5.60 Å². The van der Waals surface area contributed by atoms with Crippen molar-refractivity contribution in [2.75, 3.05) is 6.54 Å². The van der Waals surface area contributed by atoms with Gasteiger partial charge in [-0.2, -0.15) is 0 Å². The summed E-state index contributed by atoms with van der Waals surface area (Å²) in [5.74, 6) is 1.02. The molecular formula is C10H22N2O2. The number of ether oxygens (including phenoxy) is 1. The molecule has 1 aliphatic rings. The first-order valence-electron chi connectivity index (χ1n) is 5.03. The van der Waals surface area contributed by atoms with Crippen LogP contribution in [0.4, 0.5) is 4.79 Å². The highest BCUT2D eigenvalue weighted by Gasteiger charge is 2.19. The minimum Gasteiger partial charge on any atom is -0.444 e. The van der Waals surface area contributed by atoms with Gasteiger partial charge in [-0.1, -0.05) is 12.8 Å². The third-order valence-corrected chi connectivity index (χ3v) is 1.68. The Balaban J connectivity index is 0.000000249. The number of carbonyl (C=O) groups is 1. The molecule has 1 rings (SSSR count). The summed E-state index contributed by atoms with van der Waals surface area (Å²) in [5.41, 5.74) is 9.53. The van der Waals surface area contributed by atoms with Gasteiger partial charge in [-0.25, -0.2) is 4.79 Å². The second-order valence-corrected chi connectivity index (χ2v) is 4.55. The molecule has 0 heterocycles. The smallest absolute Gasteiger partial charge is 0.405 e. The average Bonchev–Trinajstić information content (AvgIpc) is 2.67. The van der Waals surface area contributed by atoms with Gasteiger partial charge in [-0.05, 0) is 39.7 Å². The van der Waals surface area contributed by atoms with E-state index in [1.807, 2.05) is 0 Å². The van der Waals surface area contributed by atoms with Crippen molar-refractivity contribution in [2.45, 2.75) is 45.6 Å². The van der Waals surface area contributed by atoms with E-state index < -0.39 is 11.7 Å². The van der Waals surface area contributed by atoms with Gasteiger partial charge < -0.3 is 16.2 Å². The van der Waals surface area contributed by atoms with Gasteiger partial charge in [0, 0.05) is 0 Å². The number of primary amides is 1. The Bertz CT molecular complexity index is 171. The minimum absolute atomic E-state index is 0.453. The number of nitrogens with two attached hydrogens (primary N) is 2. The molecule has 4 heteroatoms. The molecular weight excluding hydrogens is 180 g/mol. The zero-order valence-electron chi connectivity index (χ0n) is 9.38. The van der Waals surface area contributed by atoms with Crippen LogP contribution in [0.3, 0.4) is 0 Å². The Morgan fingerprint density at radius 3 is 2.00 bits per heavy atom. The lowest BCUT2D eigenvalue weighted by Crippen LogP contribution is -2.27. The molecule has 0 atom stereocenters. The van der Waals surface area contributed by atoms with E-state index in [1.54, 1.807) is 20.8 Å². The number of carbonyl (C=O) groups excluding carboxylic acids is 1. The maximum atomic E-state index is 10.0. The Hall–Kier alpha value is -0.770. The summed E-state index contributed by atoms with van der Waals surface area (Å²) in [4.78, 5) is 10.0. The summed E-state index contributed by atoms with van der Waals surface area (Å²) in [6.07, 6.45) is 3.42. The average molecular weight is 202 g/mol. The van der Waals surface area contributed by atoms with Crippen molar-refractivity contribution >= 4 is 6.09 Å². The third-order valence-electron chi connectivity index (χ3n) is 1.68. The van der Waals surface area contributed by atoms with Gasteiger partial charge in [0.25, 0.3) is 0 Å². The molecule has 1 aliphatic carbocycles. The van der Waals surface area contributed by atoms with Crippen molar-refractivity contribution < 1.29 is 9.53 Å². The van der Waals surface area contributed by atoms with Crippen LogP contribution in [0.2, 0.25) is 0 Å². The molecule has 0 spiro atoms. The van der Waals surface area contributed by atoms with Crippen LogP contribution in [0.15, 0.2) is 0 Å². The van der Waals surface area contributed by atoms with Gasteiger partial charge in [0.2, 0.25) is 0 Å². The Morgan fingerprint density at radius 1 is 1.43 bits per heavy atom. The van der Waals surface area contributed by atoms with Crippen molar-refractivity contribution in [1.82, 2.24) is 0 Å². The van der Waals surface area contributed by atoms with Crippen LogP contribution in [0.1, 0.15) is 40.0 Å².